The predicted molar refractivity (Wildman–Crippen MR) is 76.2 cm³/mol. The minimum Gasteiger partial charge on any atom is -0.497 e. The summed E-state index contributed by atoms with van der Waals surface area (Å²) in [5.41, 5.74) is 7.73. The number of nitrogens with one attached hydrogen (secondary N) is 1. The molecule has 0 aliphatic carbocycles. The summed E-state index contributed by atoms with van der Waals surface area (Å²) in [6.45, 7) is 0. The van der Waals surface area contributed by atoms with Gasteiger partial charge in [0.25, 0.3) is 0 Å². The Morgan fingerprint density at radius 2 is 2.05 bits per heavy atom. The van der Waals surface area contributed by atoms with Crippen molar-refractivity contribution in [1.29, 1.82) is 0 Å². The van der Waals surface area contributed by atoms with Gasteiger partial charge in [-0.25, -0.2) is 4.98 Å². The van der Waals surface area contributed by atoms with Crippen molar-refractivity contribution in [3.05, 3.63) is 40.3 Å². The van der Waals surface area contributed by atoms with Crippen LogP contribution in [0.3, 0.4) is 0 Å². The molecule has 0 saturated carbocycles. The van der Waals surface area contributed by atoms with Crippen LogP contribution in [0.15, 0.2) is 24.4 Å². The zero-order valence-corrected chi connectivity index (χ0v) is 11.6. The molecule has 0 saturated heterocycles. The first kappa shape index (κ1) is 13.4. The maximum atomic E-state index is 5.90. The van der Waals surface area contributed by atoms with Crippen LogP contribution in [0.5, 0.6) is 11.5 Å². The Morgan fingerprint density at radius 1 is 1.26 bits per heavy atom. The Bertz CT molecular complexity index is 640. The molecule has 1 aromatic carbocycles. The van der Waals surface area contributed by atoms with Crippen LogP contribution in [0.25, 0.3) is 0 Å². The average molecular weight is 277 g/mol. The summed E-state index contributed by atoms with van der Waals surface area (Å²) < 4.78 is 10.9. The van der Waals surface area contributed by atoms with E-state index in [1.165, 1.54) is 0 Å². The maximum absolute atomic E-state index is 5.90. The highest BCUT2D eigenvalue weighted by Crippen LogP contribution is 2.27. The van der Waals surface area contributed by atoms with Crippen LogP contribution >= 0.6 is 12.2 Å². The number of nitrogen functional groups attached to an aromatic ring is 1. The van der Waals surface area contributed by atoms with E-state index in [1.807, 2.05) is 18.2 Å². The van der Waals surface area contributed by atoms with E-state index in [-0.39, 0.29) is 0 Å². The molecule has 0 fully saturated rings. The van der Waals surface area contributed by atoms with Crippen LogP contribution in [0.2, 0.25) is 0 Å². The zero-order valence-electron chi connectivity index (χ0n) is 10.8. The van der Waals surface area contributed by atoms with Gasteiger partial charge >= 0.3 is 0 Å². The summed E-state index contributed by atoms with van der Waals surface area (Å²) in [6.07, 6.45) is 2.26. The van der Waals surface area contributed by atoms with E-state index in [1.54, 1.807) is 20.4 Å². The quantitative estimate of drug-likeness (QED) is 0.839. The molecule has 19 heavy (non-hydrogen) atoms. The highest BCUT2D eigenvalue weighted by Gasteiger charge is 2.08. The Balaban J connectivity index is 2.38. The van der Waals surface area contributed by atoms with Crippen LogP contribution in [-0.2, 0) is 6.42 Å². The number of aromatic amines is 1. The first-order chi connectivity index (χ1) is 9.13. The number of anilines is 1. The number of hydrogen-bond acceptors (Lipinski definition) is 5. The molecule has 0 bridgehead atoms. The second kappa shape index (κ2) is 5.71. The van der Waals surface area contributed by atoms with Gasteiger partial charge < -0.3 is 20.2 Å². The van der Waals surface area contributed by atoms with Gasteiger partial charge in [-0.15, -0.1) is 0 Å². The van der Waals surface area contributed by atoms with Crippen LogP contribution in [0.1, 0.15) is 11.1 Å². The molecule has 2 aromatic rings. The molecule has 100 valence electrons. The van der Waals surface area contributed by atoms with Crippen molar-refractivity contribution < 1.29 is 9.47 Å². The first-order valence-electron chi connectivity index (χ1n) is 5.68. The van der Waals surface area contributed by atoms with Gasteiger partial charge in [0.1, 0.15) is 17.3 Å². The second-order valence-electron chi connectivity index (χ2n) is 3.98. The van der Waals surface area contributed by atoms with Crippen molar-refractivity contribution in [3.8, 4) is 11.5 Å². The molecular formula is C13H15N3O2S. The lowest BCUT2D eigenvalue weighted by Crippen LogP contribution is -2.02. The second-order valence-corrected chi connectivity index (χ2v) is 4.37. The minimum atomic E-state index is 0.374. The predicted octanol–water partition coefficient (Wildman–Crippen LogP) is 2.33. The Hall–Kier alpha value is -2.08. The lowest BCUT2D eigenvalue weighted by Gasteiger charge is -2.11. The number of benzene rings is 1. The number of H-pyrrole nitrogens is 1. The lowest BCUT2D eigenvalue weighted by atomic mass is 10.1. The van der Waals surface area contributed by atoms with E-state index in [0.717, 1.165) is 22.6 Å². The molecule has 1 heterocycles. The lowest BCUT2D eigenvalue weighted by molar-refractivity contribution is 0.399. The van der Waals surface area contributed by atoms with Crippen molar-refractivity contribution in [2.75, 3.05) is 20.0 Å². The molecule has 0 atom stereocenters. The van der Waals surface area contributed by atoms with Gasteiger partial charge in [-0.2, -0.15) is 0 Å². The summed E-state index contributed by atoms with van der Waals surface area (Å²) in [6, 6.07) is 5.63. The molecule has 0 radical (unpaired) electrons. The standard InChI is InChI=1S/C13H15N3O2S/c1-17-10-3-4-11(18-2)8(6-10)5-9-7-15-13(19)16-12(9)14/h3-4,6-7H,5H2,1-2H3,(H3,14,15,16,19). The van der Waals surface area contributed by atoms with Crippen LogP contribution in [-0.4, -0.2) is 24.2 Å². The molecule has 6 heteroatoms. The molecule has 0 aliphatic heterocycles. The van der Waals surface area contributed by atoms with E-state index in [9.17, 15) is 0 Å². The smallest absolute Gasteiger partial charge is 0.198 e. The number of nitrogens with zero attached hydrogens (tertiary/aromatic N) is 1. The van der Waals surface area contributed by atoms with E-state index >= 15 is 0 Å². The fourth-order valence-electron chi connectivity index (χ4n) is 1.80. The van der Waals surface area contributed by atoms with Gasteiger partial charge in [0.05, 0.1) is 14.2 Å². The van der Waals surface area contributed by atoms with Gasteiger partial charge in [-0.05, 0) is 30.4 Å². The van der Waals surface area contributed by atoms with E-state index in [2.05, 4.69) is 9.97 Å². The third-order valence-electron chi connectivity index (χ3n) is 2.79. The van der Waals surface area contributed by atoms with Crippen molar-refractivity contribution in [2.24, 2.45) is 0 Å². The summed E-state index contributed by atoms with van der Waals surface area (Å²) in [4.78, 5) is 6.88. The minimum absolute atomic E-state index is 0.374. The Morgan fingerprint density at radius 3 is 2.68 bits per heavy atom. The summed E-state index contributed by atoms with van der Waals surface area (Å²) in [5, 5.41) is 0. The summed E-state index contributed by atoms with van der Waals surface area (Å²) in [5.74, 6) is 2.07. The largest absolute Gasteiger partial charge is 0.497 e. The van der Waals surface area contributed by atoms with E-state index < -0.39 is 0 Å². The van der Waals surface area contributed by atoms with Gasteiger partial charge in [0, 0.05) is 23.7 Å². The SMILES string of the molecule is COc1ccc(OC)c(Cc2cnc(=S)[nH]c2N)c1. The number of aromatic nitrogens is 2. The molecule has 0 unspecified atom stereocenters. The molecule has 2 rings (SSSR count). The van der Waals surface area contributed by atoms with Gasteiger partial charge in [-0.1, -0.05) is 0 Å². The van der Waals surface area contributed by atoms with E-state index in [0.29, 0.717) is 17.0 Å². The third-order valence-corrected chi connectivity index (χ3v) is 3.00. The molecule has 5 nitrogen and oxygen atoms in total. The molecule has 3 N–H and O–H groups in total. The molecule has 0 aliphatic rings. The number of nitrogens with two attached hydrogens (primary N) is 1. The van der Waals surface area contributed by atoms with Crippen LogP contribution in [0, 0.1) is 4.77 Å². The number of hydrogen-bond donors (Lipinski definition) is 2. The van der Waals surface area contributed by atoms with Crippen molar-refractivity contribution in [1.82, 2.24) is 9.97 Å². The molecule has 0 amide bonds. The van der Waals surface area contributed by atoms with Gasteiger partial charge in [-0.3, -0.25) is 0 Å². The summed E-state index contributed by atoms with van der Waals surface area (Å²) >= 11 is 4.92. The number of methoxy groups -OCH3 is 2. The fourth-order valence-corrected chi connectivity index (χ4v) is 1.96. The maximum Gasteiger partial charge on any atom is 0.198 e. The first-order valence-corrected chi connectivity index (χ1v) is 6.09. The number of rotatable bonds is 4. The normalized spacial score (nSPS) is 10.2. The number of ether oxygens (including phenoxy) is 2. The monoisotopic (exact) mass is 277 g/mol. The van der Waals surface area contributed by atoms with E-state index in [4.69, 9.17) is 27.4 Å². The Labute approximate surface area is 116 Å². The third kappa shape index (κ3) is 3.03. The fraction of sp³-hybridized carbons (Fsp3) is 0.231. The highest BCUT2D eigenvalue weighted by atomic mass is 32.1. The zero-order chi connectivity index (χ0) is 13.8. The molecular weight excluding hydrogens is 262 g/mol. The van der Waals surface area contributed by atoms with Gasteiger partial charge in [0.2, 0.25) is 0 Å². The Kier molecular flexibility index (Phi) is 4.01. The highest BCUT2D eigenvalue weighted by molar-refractivity contribution is 7.71. The van der Waals surface area contributed by atoms with Crippen molar-refractivity contribution >= 4 is 18.0 Å². The average Bonchev–Trinajstić information content (AvgIpc) is 2.41. The van der Waals surface area contributed by atoms with Crippen LogP contribution < -0.4 is 15.2 Å². The summed E-state index contributed by atoms with van der Waals surface area (Å²) in [7, 11) is 3.26. The van der Waals surface area contributed by atoms with Crippen molar-refractivity contribution in [2.45, 2.75) is 6.42 Å². The van der Waals surface area contributed by atoms with Gasteiger partial charge in [0.15, 0.2) is 4.77 Å². The molecule has 0 spiro atoms. The topological polar surface area (TPSA) is 73.2 Å². The molecule has 1 aromatic heterocycles. The van der Waals surface area contributed by atoms with Crippen LogP contribution in [0.4, 0.5) is 5.82 Å². The van der Waals surface area contributed by atoms with Crippen molar-refractivity contribution in [3.63, 3.8) is 0 Å².